The molecule has 1 amide bonds. The summed E-state index contributed by atoms with van der Waals surface area (Å²) in [6.07, 6.45) is 4.46. The monoisotopic (exact) mass is 376 g/mol. The average molecular weight is 376 g/mol. The Balaban J connectivity index is 1.44. The van der Waals surface area contributed by atoms with Crippen LogP contribution in [-0.2, 0) is 0 Å². The summed E-state index contributed by atoms with van der Waals surface area (Å²) in [6.45, 7) is 0. The van der Waals surface area contributed by atoms with Crippen LogP contribution in [0.3, 0.4) is 0 Å². The Hall–Kier alpha value is -3.28. The van der Waals surface area contributed by atoms with Gasteiger partial charge in [-0.3, -0.25) is 4.79 Å². The maximum atomic E-state index is 13.4. The molecule has 3 aromatic rings. The van der Waals surface area contributed by atoms with E-state index in [4.69, 9.17) is 0 Å². The molecule has 28 heavy (non-hydrogen) atoms. The lowest BCUT2D eigenvalue weighted by Crippen LogP contribution is -2.32. The molecule has 1 aliphatic rings. The molecule has 1 aliphatic carbocycles. The Morgan fingerprint density at radius 2 is 1.79 bits per heavy atom. The summed E-state index contributed by atoms with van der Waals surface area (Å²) < 4.78 is 13.4. The number of carbonyl (C=O) groups excluding carboxylic acids is 1. The number of carbonyl (C=O) groups is 1. The number of rotatable bonds is 5. The first-order valence-electron chi connectivity index (χ1n) is 9.45. The zero-order chi connectivity index (χ0) is 19.3. The zero-order valence-electron chi connectivity index (χ0n) is 15.4. The average Bonchev–Trinajstić information content (AvgIpc) is 3.22. The summed E-state index contributed by atoms with van der Waals surface area (Å²) in [5.74, 6) is 0.186. The van der Waals surface area contributed by atoms with Crippen molar-refractivity contribution in [2.24, 2.45) is 0 Å². The van der Waals surface area contributed by atoms with Gasteiger partial charge in [-0.15, -0.1) is 10.2 Å². The molecule has 1 fully saturated rings. The van der Waals surface area contributed by atoms with E-state index in [2.05, 4.69) is 20.8 Å². The lowest BCUT2D eigenvalue weighted by molar-refractivity contribution is 0.0938. The van der Waals surface area contributed by atoms with Crippen molar-refractivity contribution in [1.82, 2.24) is 15.5 Å². The number of hydrogen-bond donors (Lipinski definition) is 2. The Morgan fingerprint density at radius 1 is 0.964 bits per heavy atom. The van der Waals surface area contributed by atoms with Crippen LogP contribution in [0.5, 0.6) is 0 Å². The zero-order valence-corrected chi connectivity index (χ0v) is 15.4. The summed E-state index contributed by atoms with van der Waals surface area (Å²) in [5.41, 5.74) is 2.63. The third-order valence-electron chi connectivity index (χ3n) is 4.87. The van der Waals surface area contributed by atoms with Gasteiger partial charge in [-0.2, -0.15) is 0 Å². The van der Waals surface area contributed by atoms with Gasteiger partial charge >= 0.3 is 0 Å². The summed E-state index contributed by atoms with van der Waals surface area (Å²) in [7, 11) is 0. The van der Waals surface area contributed by atoms with E-state index in [-0.39, 0.29) is 17.8 Å². The second-order valence-electron chi connectivity index (χ2n) is 6.97. The molecular formula is C22H21FN4O. The highest BCUT2D eigenvalue weighted by Gasteiger charge is 2.18. The largest absolute Gasteiger partial charge is 0.349 e. The molecule has 2 aromatic carbocycles. The topological polar surface area (TPSA) is 66.9 Å². The van der Waals surface area contributed by atoms with Gasteiger partial charge in [0, 0.05) is 22.9 Å². The van der Waals surface area contributed by atoms with E-state index >= 15 is 0 Å². The van der Waals surface area contributed by atoms with E-state index in [1.165, 1.54) is 25.0 Å². The van der Waals surface area contributed by atoms with E-state index in [9.17, 15) is 9.18 Å². The molecule has 0 aliphatic heterocycles. The molecule has 0 atom stereocenters. The first kappa shape index (κ1) is 18.1. The Bertz CT molecular complexity index is 968. The maximum absolute atomic E-state index is 13.4. The van der Waals surface area contributed by atoms with E-state index < -0.39 is 0 Å². The van der Waals surface area contributed by atoms with Gasteiger partial charge in [-0.05, 0) is 55.3 Å². The van der Waals surface area contributed by atoms with Crippen molar-refractivity contribution in [2.45, 2.75) is 31.7 Å². The van der Waals surface area contributed by atoms with Gasteiger partial charge < -0.3 is 10.6 Å². The van der Waals surface area contributed by atoms with Gasteiger partial charge in [0.05, 0.1) is 5.69 Å². The highest BCUT2D eigenvalue weighted by Crippen LogP contribution is 2.21. The van der Waals surface area contributed by atoms with Crippen LogP contribution in [0, 0.1) is 5.82 Å². The first-order valence-corrected chi connectivity index (χ1v) is 9.45. The Labute approximate surface area is 163 Å². The van der Waals surface area contributed by atoms with Crippen LogP contribution < -0.4 is 10.6 Å². The van der Waals surface area contributed by atoms with Gasteiger partial charge in [0.2, 0.25) is 0 Å². The van der Waals surface area contributed by atoms with Crippen molar-refractivity contribution in [3.8, 4) is 11.3 Å². The standard InChI is InChI=1S/C22H21FN4O/c23-17-7-3-5-15(13-17)20-11-12-21(27-26-20)24-19-10-4-6-16(14-19)22(28)25-18-8-1-2-9-18/h3-7,10-14,18H,1-2,8-9H2,(H,24,27)(H,25,28). The van der Waals surface area contributed by atoms with Crippen molar-refractivity contribution in [2.75, 3.05) is 5.32 Å². The molecule has 1 aromatic heterocycles. The predicted molar refractivity (Wildman–Crippen MR) is 107 cm³/mol. The number of aromatic nitrogens is 2. The normalized spacial score (nSPS) is 14.0. The SMILES string of the molecule is O=C(NC1CCCC1)c1cccc(Nc2ccc(-c3cccc(F)c3)nn2)c1. The number of amides is 1. The van der Waals surface area contributed by atoms with Crippen LogP contribution >= 0.6 is 0 Å². The molecule has 1 heterocycles. The van der Waals surface area contributed by atoms with Crippen LogP contribution in [0.25, 0.3) is 11.3 Å². The molecule has 0 saturated heterocycles. The molecule has 142 valence electrons. The van der Waals surface area contributed by atoms with Crippen molar-refractivity contribution >= 4 is 17.4 Å². The highest BCUT2D eigenvalue weighted by atomic mass is 19.1. The van der Waals surface area contributed by atoms with E-state index in [0.717, 1.165) is 18.5 Å². The van der Waals surface area contributed by atoms with Crippen LogP contribution in [0.4, 0.5) is 15.9 Å². The van der Waals surface area contributed by atoms with Crippen LogP contribution in [0.1, 0.15) is 36.0 Å². The van der Waals surface area contributed by atoms with Gasteiger partial charge in [-0.25, -0.2) is 4.39 Å². The summed E-state index contributed by atoms with van der Waals surface area (Å²) in [6, 6.07) is 17.4. The van der Waals surface area contributed by atoms with Crippen LogP contribution in [-0.4, -0.2) is 22.1 Å². The van der Waals surface area contributed by atoms with Crippen molar-refractivity contribution in [3.05, 3.63) is 72.0 Å². The smallest absolute Gasteiger partial charge is 0.251 e. The predicted octanol–water partition coefficient (Wildman–Crippen LogP) is 4.70. The minimum absolute atomic E-state index is 0.0527. The fourth-order valence-electron chi connectivity index (χ4n) is 3.43. The minimum atomic E-state index is -0.311. The second-order valence-corrected chi connectivity index (χ2v) is 6.97. The van der Waals surface area contributed by atoms with Crippen molar-refractivity contribution in [3.63, 3.8) is 0 Å². The highest BCUT2D eigenvalue weighted by molar-refractivity contribution is 5.95. The Kier molecular flexibility index (Phi) is 5.28. The van der Waals surface area contributed by atoms with Gasteiger partial charge in [-0.1, -0.05) is 31.0 Å². The first-order chi connectivity index (χ1) is 13.7. The fourth-order valence-corrected chi connectivity index (χ4v) is 3.43. The minimum Gasteiger partial charge on any atom is -0.349 e. The second kappa shape index (κ2) is 8.17. The molecule has 0 bridgehead atoms. The number of nitrogens with zero attached hydrogens (tertiary/aromatic N) is 2. The van der Waals surface area contributed by atoms with Crippen molar-refractivity contribution in [1.29, 1.82) is 0 Å². The number of benzene rings is 2. The van der Waals surface area contributed by atoms with Gasteiger partial charge in [0.15, 0.2) is 5.82 Å². The molecule has 0 spiro atoms. The molecule has 0 unspecified atom stereocenters. The Morgan fingerprint density at radius 3 is 2.54 bits per heavy atom. The molecule has 2 N–H and O–H groups in total. The number of nitrogens with one attached hydrogen (secondary N) is 2. The molecular weight excluding hydrogens is 355 g/mol. The summed E-state index contributed by atoms with van der Waals surface area (Å²) in [4.78, 5) is 12.4. The van der Waals surface area contributed by atoms with Gasteiger partial charge in [0.25, 0.3) is 5.91 Å². The van der Waals surface area contributed by atoms with Crippen molar-refractivity contribution < 1.29 is 9.18 Å². The van der Waals surface area contributed by atoms with Gasteiger partial charge in [0.1, 0.15) is 5.82 Å². The molecule has 0 radical (unpaired) electrons. The third-order valence-corrected chi connectivity index (χ3v) is 4.87. The molecule has 1 saturated carbocycles. The summed E-state index contributed by atoms with van der Waals surface area (Å²) >= 11 is 0. The van der Waals surface area contributed by atoms with E-state index in [1.807, 2.05) is 12.1 Å². The number of anilines is 2. The lowest BCUT2D eigenvalue weighted by Gasteiger charge is -2.13. The maximum Gasteiger partial charge on any atom is 0.251 e. The quantitative estimate of drug-likeness (QED) is 0.677. The number of hydrogen-bond acceptors (Lipinski definition) is 4. The number of halogens is 1. The fraction of sp³-hybridized carbons (Fsp3) is 0.227. The molecule has 6 heteroatoms. The molecule has 4 rings (SSSR count). The third kappa shape index (κ3) is 4.34. The van der Waals surface area contributed by atoms with E-state index in [1.54, 1.807) is 36.4 Å². The van der Waals surface area contributed by atoms with Crippen LogP contribution in [0.15, 0.2) is 60.7 Å². The lowest BCUT2D eigenvalue weighted by atomic mass is 10.1. The molecule has 5 nitrogen and oxygen atoms in total. The van der Waals surface area contributed by atoms with Crippen LogP contribution in [0.2, 0.25) is 0 Å². The summed E-state index contributed by atoms with van der Waals surface area (Å²) in [5, 5.41) is 14.6. The van der Waals surface area contributed by atoms with E-state index in [0.29, 0.717) is 22.6 Å².